The molecule has 1 N–H and O–H groups in total. The van der Waals surface area contributed by atoms with Crippen molar-refractivity contribution in [1.29, 1.82) is 0 Å². The zero-order chi connectivity index (χ0) is 13.7. The molecule has 106 valence electrons. The third-order valence-electron chi connectivity index (χ3n) is 5.44. The molecule has 4 atom stereocenters. The topological polar surface area (TPSA) is 63.6 Å². The number of hydrogen-bond acceptors (Lipinski definition) is 4. The van der Waals surface area contributed by atoms with E-state index in [2.05, 4.69) is 0 Å². The summed E-state index contributed by atoms with van der Waals surface area (Å²) in [7, 11) is 0. The molecule has 3 fully saturated rings. The van der Waals surface area contributed by atoms with Gasteiger partial charge in [0.2, 0.25) is 0 Å². The van der Waals surface area contributed by atoms with Gasteiger partial charge in [0.25, 0.3) is 0 Å². The lowest BCUT2D eigenvalue weighted by Crippen LogP contribution is -2.45. The van der Waals surface area contributed by atoms with Crippen LogP contribution in [0.5, 0.6) is 0 Å². The Hall–Kier alpha value is -0.900. The molecule has 0 unspecified atom stereocenters. The van der Waals surface area contributed by atoms with Crippen LogP contribution in [0.4, 0.5) is 0 Å². The van der Waals surface area contributed by atoms with Gasteiger partial charge in [-0.05, 0) is 32.1 Å². The molecule has 0 spiro atoms. The fourth-order valence-corrected chi connectivity index (χ4v) is 4.78. The summed E-state index contributed by atoms with van der Waals surface area (Å²) in [5, 5.41) is 11.1. The fourth-order valence-electron chi connectivity index (χ4n) is 4.78. The van der Waals surface area contributed by atoms with Crippen molar-refractivity contribution >= 4 is 11.8 Å². The molecule has 0 saturated heterocycles. The first-order valence-corrected chi connectivity index (χ1v) is 7.47. The molecule has 4 nitrogen and oxygen atoms in total. The average molecular weight is 266 g/mol. The second kappa shape index (κ2) is 4.30. The summed E-state index contributed by atoms with van der Waals surface area (Å²) >= 11 is 0. The van der Waals surface area contributed by atoms with Crippen molar-refractivity contribution in [2.45, 2.75) is 69.5 Å². The lowest BCUT2D eigenvalue weighted by molar-refractivity contribution is -0.168. The maximum atomic E-state index is 12.8. The lowest BCUT2D eigenvalue weighted by atomic mass is 9.79. The minimum Gasteiger partial charge on any atom is -0.451 e. The van der Waals surface area contributed by atoms with Gasteiger partial charge >= 0.3 is 5.97 Å². The summed E-state index contributed by atoms with van der Waals surface area (Å²) in [6.07, 6.45) is 6.71. The van der Waals surface area contributed by atoms with Crippen molar-refractivity contribution in [3.63, 3.8) is 0 Å². The highest BCUT2D eigenvalue weighted by Gasteiger charge is 2.70. The van der Waals surface area contributed by atoms with Crippen LogP contribution in [0.3, 0.4) is 0 Å². The average Bonchev–Trinajstić information content (AvgIpc) is 2.74. The van der Waals surface area contributed by atoms with Crippen LogP contribution in [-0.4, -0.2) is 28.1 Å². The Morgan fingerprint density at radius 2 is 2.00 bits per heavy atom. The first kappa shape index (κ1) is 13.1. The molecule has 0 radical (unpaired) electrons. The van der Waals surface area contributed by atoms with Gasteiger partial charge in [0.15, 0.2) is 11.4 Å². The Morgan fingerprint density at radius 1 is 1.21 bits per heavy atom. The molecule has 3 aliphatic carbocycles. The van der Waals surface area contributed by atoms with Gasteiger partial charge in [0, 0.05) is 12.8 Å². The molecule has 0 heterocycles. The smallest absolute Gasteiger partial charge is 0.303 e. The number of carbonyl (C=O) groups is 2. The zero-order valence-corrected chi connectivity index (χ0v) is 11.5. The van der Waals surface area contributed by atoms with Gasteiger partial charge in [0.1, 0.15) is 0 Å². The first-order valence-electron chi connectivity index (χ1n) is 7.47. The summed E-state index contributed by atoms with van der Waals surface area (Å²) in [6, 6.07) is 0. The van der Waals surface area contributed by atoms with E-state index in [4.69, 9.17) is 4.74 Å². The quantitative estimate of drug-likeness (QED) is 0.737. The highest BCUT2D eigenvalue weighted by molar-refractivity contribution is 5.96. The Bertz CT molecular complexity index is 418. The van der Waals surface area contributed by atoms with Gasteiger partial charge < -0.3 is 9.84 Å². The van der Waals surface area contributed by atoms with Gasteiger partial charge in [-0.2, -0.15) is 0 Å². The predicted molar refractivity (Wildman–Crippen MR) is 68.4 cm³/mol. The minimum atomic E-state index is -1.01. The number of ketones is 1. The monoisotopic (exact) mass is 266 g/mol. The molecular formula is C15H22O4. The Balaban J connectivity index is 2.02. The summed E-state index contributed by atoms with van der Waals surface area (Å²) in [5.41, 5.74) is -1.94. The molecule has 0 bridgehead atoms. The number of fused-ring (bicyclic) bond motifs is 3. The fraction of sp³-hybridized carbons (Fsp3) is 0.867. The van der Waals surface area contributed by atoms with Crippen LogP contribution in [0.2, 0.25) is 0 Å². The molecule has 0 aliphatic heterocycles. The molecule has 0 aromatic heterocycles. The molecule has 3 aliphatic rings. The van der Waals surface area contributed by atoms with Crippen molar-refractivity contribution in [1.82, 2.24) is 0 Å². The predicted octanol–water partition coefficient (Wildman–Crippen LogP) is 1.98. The Labute approximate surface area is 113 Å². The Morgan fingerprint density at radius 3 is 2.74 bits per heavy atom. The molecule has 3 saturated carbocycles. The van der Waals surface area contributed by atoms with Gasteiger partial charge in [-0.25, -0.2) is 0 Å². The van der Waals surface area contributed by atoms with Crippen molar-refractivity contribution in [2.75, 3.05) is 0 Å². The van der Waals surface area contributed by atoms with E-state index in [1.807, 2.05) is 0 Å². The summed E-state index contributed by atoms with van der Waals surface area (Å²) in [6.45, 7) is 1.36. The summed E-state index contributed by atoms with van der Waals surface area (Å²) in [5.74, 6) is -0.908. The number of hydrogen-bond donors (Lipinski definition) is 1. The highest BCUT2D eigenvalue weighted by Crippen LogP contribution is 2.58. The maximum absolute atomic E-state index is 12.8. The molecule has 0 aromatic rings. The van der Waals surface area contributed by atoms with E-state index in [0.717, 1.165) is 38.5 Å². The van der Waals surface area contributed by atoms with E-state index >= 15 is 0 Å². The molecule has 0 aromatic carbocycles. The van der Waals surface area contributed by atoms with Crippen LogP contribution >= 0.6 is 0 Å². The molecule has 3 rings (SSSR count). The van der Waals surface area contributed by atoms with Crippen LogP contribution in [0, 0.1) is 11.8 Å². The minimum absolute atomic E-state index is 0.00500. The van der Waals surface area contributed by atoms with E-state index in [9.17, 15) is 14.7 Å². The van der Waals surface area contributed by atoms with E-state index in [1.165, 1.54) is 6.92 Å². The SMILES string of the molecule is CC(=O)O[C@]12CCC[C@H]1[C@@]1(O)CCCCC[C@H]1C2=O. The van der Waals surface area contributed by atoms with Crippen LogP contribution in [0.25, 0.3) is 0 Å². The van der Waals surface area contributed by atoms with Gasteiger partial charge in [-0.3, -0.25) is 9.59 Å². The number of rotatable bonds is 1. The standard InChI is InChI=1S/C15H22O4/c1-10(16)19-15-9-5-7-12(15)14(18)8-4-2-3-6-11(14)13(15)17/h11-12,18H,2-9H2,1H3/t11-,12-,14+,15+/m0/s1. The van der Waals surface area contributed by atoms with Crippen LogP contribution in [0.1, 0.15) is 58.3 Å². The van der Waals surface area contributed by atoms with E-state index in [0.29, 0.717) is 12.8 Å². The third kappa shape index (κ3) is 1.69. The molecule has 0 amide bonds. The molecule has 4 heteroatoms. The van der Waals surface area contributed by atoms with E-state index < -0.39 is 17.2 Å². The van der Waals surface area contributed by atoms with Crippen molar-refractivity contribution in [2.24, 2.45) is 11.8 Å². The van der Waals surface area contributed by atoms with Gasteiger partial charge in [-0.1, -0.05) is 19.3 Å². The van der Waals surface area contributed by atoms with Crippen LogP contribution in [0.15, 0.2) is 0 Å². The number of esters is 1. The maximum Gasteiger partial charge on any atom is 0.303 e. The summed E-state index contributed by atoms with van der Waals surface area (Å²) in [4.78, 5) is 24.2. The highest BCUT2D eigenvalue weighted by atomic mass is 16.6. The van der Waals surface area contributed by atoms with Gasteiger partial charge in [-0.15, -0.1) is 0 Å². The largest absolute Gasteiger partial charge is 0.451 e. The van der Waals surface area contributed by atoms with Crippen molar-refractivity contribution in [3.8, 4) is 0 Å². The first-order chi connectivity index (χ1) is 9.01. The second-order valence-electron chi connectivity index (χ2n) is 6.44. The third-order valence-corrected chi connectivity index (χ3v) is 5.44. The molecular weight excluding hydrogens is 244 g/mol. The normalized spacial score (nSPS) is 45.5. The number of ether oxygens (including phenoxy) is 1. The summed E-state index contributed by atoms with van der Waals surface area (Å²) < 4.78 is 5.48. The van der Waals surface area contributed by atoms with Crippen molar-refractivity contribution in [3.05, 3.63) is 0 Å². The number of Topliss-reactive ketones (excluding diaryl/α,β-unsaturated/α-hetero) is 1. The lowest BCUT2D eigenvalue weighted by Gasteiger charge is -2.34. The van der Waals surface area contributed by atoms with E-state index in [1.54, 1.807) is 0 Å². The van der Waals surface area contributed by atoms with Crippen LogP contribution in [-0.2, 0) is 14.3 Å². The second-order valence-corrected chi connectivity index (χ2v) is 6.44. The molecule has 19 heavy (non-hydrogen) atoms. The van der Waals surface area contributed by atoms with Crippen LogP contribution < -0.4 is 0 Å². The number of aliphatic hydroxyl groups is 1. The Kier molecular flexibility index (Phi) is 2.97. The number of carbonyl (C=O) groups excluding carboxylic acids is 2. The van der Waals surface area contributed by atoms with Crippen molar-refractivity contribution < 1.29 is 19.4 Å². The van der Waals surface area contributed by atoms with Gasteiger partial charge in [0.05, 0.1) is 11.5 Å². The van der Waals surface area contributed by atoms with E-state index in [-0.39, 0.29) is 17.6 Å². The zero-order valence-electron chi connectivity index (χ0n) is 11.5.